The minimum Gasteiger partial charge on any atom is -0.376 e. The van der Waals surface area contributed by atoms with Crippen molar-refractivity contribution in [3.63, 3.8) is 0 Å². The number of benzene rings is 2. The van der Waals surface area contributed by atoms with Crippen molar-refractivity contribution < 1.29 is 22.7 Å². The van der Waals surface area contributed by atoms with Gasteiger partial charge in [0.2, 0.25) is 21.8 Å². The number of nitrogens with zero attached hydrogens (tertiary/aromatic N) is 2. The molecule has 1 N–H and O–H groups in total. The summed E-state index contributed by atoms with van der Waals surface area (Å²) in [5.41, 5.74) is 1.38. The number of nitrogens with one attached hydrogen (secondary N) is 1. The molecule has 184 valence electrons. The molecule has 3 rings (SSSR count). The molecule has 1 aliphatic heterocycles. The van der Waals surface area contributed by atoms with Gasteiger partial charge < -0.3 is 15.0 Å². The molecule has 8 nitrogen and oxygen atoms in total. The second kappa shape index (κ2) is 11.8. The molecular formula is C24H30ClN3O5S. The van der Waals surface area contributed by atoms with Gasteiger partial charge in [-0.1, -0.05) is 54.1 Å². The van der Waals surface area contributed by atoms with Crippen molar-refractivity contribution in [3.8, 4) is 0 Å². The summed E-state index contributed by atoms with van der Waals surface area (Å²) in [6.07, 6.45) is 2.79. The van der Waals surface area contributed by atoms with Crippen LogP contribution in [0.5, 0.6) is 0 Å². The Morgan fingerprint density at radius 1 is 1.15 bits per heavy atom. The van der Waals surface area contributed by atoms with Crippen LogP contribution in [0.3, 0.4) is 0 Å². The first kappa shape index (κ1) is 26.2. The number of ether oxygens (including phenoxy) is 1. The fourth-order valence-electron chi connectivity index (χ4n) is 3.73. The summed E-state index contributed by atoms with van der Waals surface area (Å²) in [7, 11) is -2.25. The molecule has 2 aromatic carbocycles. The largest absolute Gasteiger partial charge is 0.376 e. The molecule has 2 amide bonds. The lowest BCUT2D eigenvalue weighted by Gasteiger charge is -2.33. The quantitative estimate of drug-likeness (QED) is 0.533. The van der Waals surface area contributed by atoms with E-state index in [4.69, 9.17) is 16.3 Å². The van der Waals surface area contributed by atoms with Gasteiger partial charge in [-0.25, -0.2) is 8.42 Å². The number of sulfonamides is 1. The van der Waals surface area contributed by atoms with Crippen LogP contribution in [0, 0.1) is 0 Å². The Morgan fingerprint density at radius 3 is 2.41 bits per heavy atom. The van der Waals surface area contributed by atoms with E-state index in [0.29, 0.717) is 23.7 Å². The monoisotopic (exact) mass is 507 g/mol. The van der Waals surface area contributed by atoms with Crippen molar-refractivity contribution in [2.45, 2.75) is 31.5 Å². The van der Waals surface area contributed by atoms with Gasteiger partial charge in [0.1, 0.15) is 6.04 Å². The van der Waals surface area contributed by atoms with Crippen LogP contribution in [0.1, 0.15) is 30.0 Å². The fourth-order valence-corrected chi connectivity index (χ4v) is 4.20. The molecule has 0 spiro atoms. The second-order valence-corrected chi connectivity index (χ2v) is 10.9. The number of amides is 2. The van der Waals surface area contributed by atoms with E-state index < -0.39 is 28.5 Å². The minimum atomic E-state index is -3.59. The Kier molecular flexibility index (Phi) is 9.07. The standard InChI is InChI=1S/C24H30ClN3O5S/c1-27(34(2,31)32)17-22(29)28(16-18-10-12-20(25)13-11-18)23(19-7-4-3-5-8-19)24(30)26-15-21-9-6-14-33-21/h3-5,7-8,10-13,21,23H,6,9,14-17H2,1-2H3,(H,26,30)/t21-,23+/m0/s1. The highest BCUT2D eigenvalue weighted by atomic mass is 35.5. The molecule has 0 aliphatic carbocycles. The Bertz CT molecular complexity index is 1070. The van der Waals surface area contributed by atoms with E-state index in [1.165, 1.54) is 11.9 Å². The summed E-state index contributed by atoms with van der Waals surface area (Å²) in [4.78, 5) is 28.3. The molecule has 1 aliphatic rings. The number of rotatable bonds is 10. The Hall–Kier alpha value is -2.46. The summed E-state index contributed by atoms with van der Waals surface area (Å²) in [5, 5.41) is 3.47. The molecule has 2 atom stereocenters. The molecule has 1 heterocycles. The smallest absolute Gasteiger partial charge is 0.247 e. The van der Waals surface area contributed by atoms with Crippen molar-refractivity contribution in [1.82, 2.24) is 14.5 Å². The van der Waals surface area contributed by atoms with Gasteiger partial charge in [-0.2, -0.15) is 4.31 Å². The Balaban J connectivity index is 1.93. The van der Waals surface area contributed by atoms with Gasteiger partial charge in [0.05, 0.1) is 18.9 Å². The highest BCUT2D eigenvalue weighted by Gasteiger charge is 2.33. The Morgan fingerprint density at radius 2 is 1.82 bits per heavy atom. The van der Waals surface area contributed by atoms with Crippen LogP contribution in [0.15, 0.2) is 54.6 Å². The molecule has 2 aromatic rings. The highest BCUT2D eigenvalue weighted by Crippen LogP contribution is 2.25. The number of hydrogen-bond donors (Lipinski definition) is 1. The lowest BCUT2D eigenvalue weighted by molar-refractivity contribution is -0.141. The summed E-state index contributed by atoms with van der Waals surface area (Å²) in [5.74, 6) is -0.852. The van der Waals surface area contributed by atoms with E-state index in [-0.39, 0.29) is 18.6 Å². The summed E-state index contributed by atoms with van der Waals surface area (Å²) >= 11 is 6.01. The lowest BCUT2D eigenvalue weighted by atomic mass is 10.0. The van der Waals surface area contributed by atoms with E-state index in [1.54, 1.807) is 48.5 Å². The highest BCUT2D eigenvalue weighted by molar-refractivity contribution is 7.88. The van der Waals surface area contributed by atoms with E-state index in [2.05, 4.69) is 5.32 Å². The molecule has 0 saturated carbocycles. The van der Waals surface area contributed by atoms with E-state index in [1.807, 2.05) is 6.07 Å². The third-order valence-corrected chi connectivity index (χ3v) is 7.23. The van der Waals surface area contributed by atoms with Gasteiger partial charge in [0, 0.05) is 31.8 Å². The van der Waals surface area contributed by atoms with Gasteiger partial charge >= 0.3 is 0 Å². The van der Waals surface area contributed by atoms with Crippen molar-refractivity contribution in [3.05, 3.63) is 70.7 Å². The first-order chi connectivity index (χ1) is 16.1. The maximum Gasteiger partial charge on any atom is 0.247 e. The zero-order valence-corrected chi connectivity index (χ0v) is 20.9. The van der Waals surface area contributed by atoms with Crippen molar-refractivity contribution in [2.75, 3.05) is 33.0 Å². The number of carbonyl (C=O) groups excluding carboxylic acids is 2. The topological polar surface area (TPSA) is 96.0 Å². The fraction of sp³-hybridized carbons (Fsp3) is 0.417. The molecule has 1 fully saturated rings. The van der Waals surface area contributed by atoms with E-state index in [9.17, 15) is 18.0 Å². The Labute approximate surface area is 205 Å². The summed E-state index contributed by atoms with van der Waals surface area (Å²) in [6.45, 7) is 0.714. The van der Waals surface area contributed by atoms with Crippen LogP contribution in [0.25, 0.3) is 0 Å². The normalized spacial score (nSPS) is 16.9. The first-order valence-corrected chi connectivity index (χ1v) is 13.3. The zero-order valence-electron chi connectivity index (χ0n) is 19.3. The van der Waals surface area contributed by atoms with Crippen LogP contribution in [-0.2, 0) is 30.9 Å². The molecule has 0 radical (unpaired) electrons. The third-order valence-electron chi connectivity index (χ3n) is 5.71. The number of halogens is 1. The van der Waals surface area contributed by atoms with Crippen LogP contribution >= 0.6 is 11.6 Å². The van der Waals surface area contributed by atoms with Gasteiger partial charge in [0.25, 0.3) is 0 Å². The average Bonchev–Trinajstić information content (AvgIpc) is 3.32. The van der Waals surface area contributed by atoms with Crippen LogP contribution < -0.4 is 5.32 Å². The van der Waals surface area contributed by atoms with Crippen molar-refractivity contribution in [2.24, 2.45) is 0 Å². The van der Waals surface area contributed by atoms with Gasteiger partial charge in [-0.05, 0) is 36.1 Å². The van der Waals surface area contributed by atoms with Crippen molar-refractivity contribution >= 4 is 33.4 Å². The van der Waals surface area contributed by atoms with E-state index >= 15 is 0 Å². The summed E-state index contributed by atoms with van der Waals surface area (Å²) < 4.78 is 30.5. The number of carbonyl (C=O) groups is 2. The van der Waals surface area contributed by atoms with E-state index in [0.717, 1.165) is 29.0 Å². The van der Waals surface area contributed by atoms with Gasteiger partial charge in [-0.3, -0.25) is 9.59 Å². The maximum absolute atomic E-state index is 13.5. The van der Waals surface area contributed by atoms with Gasteiger partial charge in [-0.15, -0.1) is 0 Å². The molecular weight excluding hydrogens is 478 g/mol. The maximum atomic E-state index is 13.5. The second-order valence-electron chi connectivity index (χ2n) is 8.36. The van der Waals surface area contributed by atoms with Crippen LogP contribution in [0.2, 0.25) is 5.02 Å². The summed E-state index contributed by atoms with van der Waals surface area (Å²) in [6, 6.07) is 15.0. The molecule has 0 unspecified atom stereocenters. The average molecular weight is 508 g/mol. The first-order valence-electron chi connectivity index (χ1n) is 11.0. The van der Waals surface area contributed by atoms with Crippen LogP contribution in [0.4, 0.5) is 0 Å². The third kappa shape index (κ3) is 7.27. The molecule has 0 bridgehead atoms. The van der Waals surface area contributed by atoms with Crippen molar-refractivity contribution in [1.29, 1.82) is 0 Å². The molecule has 34 heavy (non-hydrogen) atoms. The number of hydrogen-bond acceptors (Lipinski definition) is 5. The molecule has 1 saturated heterocycles. The van der Waals surface area contributed by atoms with Crippen LogP contribution in [-0.4, -0.2) is 68.5 Å². The predicted octanol–water partition coefficient (Wildman–Crippen LogP) is 2.60. The van der Waals surface area contributed by atoms with Gasteiger partial charge in [0.15, 0.2) is 0 Å². The zero-order chi connectivity index (χ0) is 24.7. The predicted molar refractivity (Wildman–Crippen MR) is 131 cm³/mol. The SMILES string of the molecule is CN(CC(=O)N(Cc1ccc(Cl)cc1)[C@@H](C(=O)NC[C@@H]1CCCO1)c1ccccc1)S(C)(=O)=O. The molecule has 10 heteroatoms. The lowest BCUT2D eigenvalue weighted by Crippen LogP contribution is -2.48. The molecule has 0 aromatic heterocycles. The number of likely N-dealkylation sites (N-methyl/N-ethyl adjacent to an activating group) is 1. The minimum absolute atomic E-state index is 0.0582.